The van der Waals surface area contributed by atoms with Gasteiger partial charge >= 0.3 is 5.97 Å². The predicted molar refractivity (Wildman–Crippen MR) is 86.6 cm³/mol. The minimum atomic E-state index is -0.746. The number of carbonyl (C=O) groups excluding carboxylic acids is 1. The number of rotatable bonds is 2. The third-order valence-corrected chi connectivity index (χ3v) is 4.29. The molecule has 0 aliphatic carbocycles. The topological polar surface area (TPSA) is 81.0 Å². The van der Waals surface area contributed by atoms with Gasteiger partial charge in [-0.3, -0.25) is 0 Å². The quantitative estimate of drug-likeness (QED) is 0.421. The van der Waals surface area contributed by atoms with E-state index in [0.717, 1.165) is 0 Å². The van der Waals surface area contributed by atoms with E-state index >= 15 is 0 Å². The molecular weight excluding hydrogens is 456 g/mol. The number of aromatic nitrogens is 1. The van der Waals surface area contributed by atoms with E-state index in [0.29, 0.717) is 3.57 Å². The van der Waals surface area contributed by atoms with Gasteiger partial charge < -0.3 is 15.0 Å². The number of carbonyl (C=O) groups is 1. The van der Waals surface area contributed by atoms with E-state index in [1.54, 1.807) is 12.1 Å². The van der Waals surface area contributed by atoms with E-state index in [1.807, 2.05) is 28.7 Å². The molecule has 0 amide bonds. The molecule has 21 heavy (non-hydrogen) atoms. The summed E-state index contributed by atoms with van der Waals surface area (Å²) in [6.07, 6.45) is 1.31. The van der Waals surface area contributed by atoms with Crippen molar-refractivity contribution in [2.45, 2.75) is 0 Å². The van der Waals surface area contributed by atoms with Gasteiger partial charge in [-0.2, -0.15) is 5.26 Å². The van der Waals surface area contributed by atoms with Crippen molar-refractivity contribution in [3.63, 3.8) is 0 Å². The summed E-state index contributed by atoms with van der Waals surface area (Å²) < 4.78 is 21.1. The Bertz CT molecular complexity index is 783. The van der Waals surface area contributed by atoms with Gasteiger partial charge in [0.2, 0.25) is 0 Å². The highest BCUT2D eigenvalue weighted by molar-refractivity contribution is 14.1. The molecule has 0 atom stereocenters. The van der Waals surface area contributed by atoms with Crippen LogP contribution in [0.15, 0.2) is 22.8 Å². The number of anilines is 1. The molecule has 0 bridgehead atoms. The first-order valence-corrected chi connectivity index (χ1v) is 7.42. The van der Waals surface area contributed by atoms with Crippen molar-refractivity contribution in [1.29, 1.82) is 5.26 Å². The molecule has 0 aliphatic rings. The summed E-state index contributed by atoms with van der Waals surface area (Å²) in [7, 11) is 1.19. The van der Waals surface area contributed by atoms with Gasteiger partial charge in [0.25, 0.3) is 0 Å². The van der Waals surface area contributed by atoms with Crippen LogP contribution in [0.3, 0.4) is 0 Å². The summed E-state index contributed by atoms with van der Waals surface area (Å²) in [5.74, 6) is -1.31. The zero-order valence-corrected chi connectivity index (χ0v) is 14.4. The first-order chi connectivity index (χ1) is 9.92. The third-order valence-electron chi connectivity index (χ3n) is 2.80. The number of ether oxygens (including phenoxy) is 1. The Labute approximate surface area is 141 Å². The predicted octanol–water partition coefficient (Wildman–Crippen LogP) is 3.22. The molecule has 108 valence electrons. The second kappa shape index (κ2) is 6.03. The number of methoxy groups -OCH3 is 1. The highest BCUT2D eigenvalue weighted by atomic mass is 127. The van der Waals surface area contributed by atoms with Gasteiger partial charge in [0, 0.05) is 9.77 Å². The Kier molecular flexibility index (Phi) is 4.53. The molecular formula is C13H8BrFIN3O2. The largest absolute Gasteiger partial charge is 0.464 e. The molecule has 0 saturated carbocycles. The standard InChI is InChI=1S/C13H8BrFIN3O2/c1-21-13(20)12-10(18)6(4-17)5-19(12)11-8(16)3-2-7(14)9(11)15/h2-3,5H,18H2,1H3. The Hall–Kier alpha value is -1.60. The maximum absolute atomic E-state index is 14.4. The lowest BCUT2D eigenvalue weighted by atomic mass is 10.2. The van der Waals surface area contributed by atoms with Crippen LogP contribution in [0, 0.1) is 20.7 Å². The van der Waals surface area contributed by atoms with Crippen molar-refractivity contribution in [1.82, 2.24) is 4.57 Å². The van der Waals surface area contributed by atoms with Gasteiger partial charge in [-0.1, -0.05) is 0 Å². The zero-order chi connectivity index (χ0) is 15.7. The molecule has 0 fully saturated rings. The highest BCUT2D eigenvalue weighted by Crippen LogP contribution is 2.31. The number of hydrogen-bond acceptors (Lipinski definition) is 4. The molecule has 0 aliphatic heterocycles. The SMILES string of the molecule is COC(=O)c1c(N)c(C#N)cn1-c1c(I)ccc(Br)c1F. The number of hydrogen-bond donors (Lipinski definition) is 1. The van der Waals surface area contributed by atoms with Crippen LogP contribution in [0.1, 0.15) is 16.1 Å². The minimum absolute atomic E-state index is 0.0421. The molecule has 5 nitrogen and oxygen atoms in total. The van der Waals surface area contributed by atoms with Crippen LogP contribution in [0.4, 0.5) is 10.1 Å². The fraction of sp³-hybridized carbons (Fsp3) is 0.0769. The molecule has 0 spiro atoms. The highest BCUT2D eigenvalue weighted by Gasteiger charge is 2.25. The molecule has 1 heterocycles. The van der Waals surface area contributed by atoms with Crippen LogP contribution < -0.4 is 5.73 Å². The lowest BCUT2D eigenvalue weighted by Crippen LogP contribution is -2.13. The molecule has 0 unspecified atom stereocenters. The fourth-order valence-electron chi connectivity index (χ4n) is 1.83. The zero-order valence-electron chi connectivity index (χ0n) is 10.7. The number of nitrogens with zero attached hydrogens (tertiary/aromatic N) is 2. The smallest absolute Gasteiger partial charge is 0.357 e. The fourth-order valence-corrected chi connectivity index (χ4v) is 2.82. The number of esters is 1. The average molecular weight is 464 g/mol. The molecule has 0 radical (unpaired) electrons. The van der Waals surface area contributed by atoms with Crippen molar-refractivity contribution in [2.24, 2.45) is 0 Å². The molecule has 8 heteroatoms. The second-order valence-corrected chi connectivity index (χ2v) is 5.99. The Morgan fingerprint density at radius 3 is 2.81 bits per heavy atom. The maximum Gasteiger partial charge on any atom is 0.357 e. The molecule has 1 aromatic carbocycles. The number of nitrogens with two attached hydrogens (primary N) is 1. The monoisotopic (exact) mass is 463 g/mol. The van der Waals surface area contributed by atoms with E-state index < -0.39 is 11.8 Å². The maximum atomic E-state index is 14.4. The van der Waals surface area contributed by atoms with E-state index in [9.17, 15) is 9.18 Å². The number of halogens is 3. The van der Waals surface area contributed by atoms with Gasteiger partial charge in [0.1, 0.15) is 6.07 Å². The molecule has 2 aromatic rings. The van der Waals surface area contributed by atoms with Crippen LogP contribution in [0.25, 0.3) is 5.69 Å². The van der Waals surface area contributed by atoms with Crippen molar-refractivity contribution in [3.05, 3.63) is 43.4 Å². The molecule has 2 rings (SSSR count). The number of nitrogen functional groups attached to an aromatic ring is 1. The van der Waals surface area contributed by atoms with Crippen LogP contribution in [-0.4, -0.2) is 17.6 Å². The first-order valence-electron chi connectivity index (χ1n) is 5.55. The van der Waals surface area contributed by atoms with E-state index in [2.05, 4.69) is 20.7 Å². The van der Waals surface area contributed by atoms with Crippen molar-refractivity contribution in [3.8, 4) is 11.8 Å². The Balaban J connectivity index is 2.85. The molecule has 0 saturated heterocycles. The van der Waals surface area contributed by atoms with Gasteiger partial charge in [-0.15, -0.1) is 0 Å². The van der Waals surface area contributed by atoms with E-state index in [4.69, 9.17) is 11.0 Å². The molecule has 1 aromatic heterocycles. The van der Waals surface area contributed by atoms with Gasteiger partial charge in [-0.25, -0.2) is 9.18 Å². The minimum Gasteiger partial charge on any atom is -0.464 e. The third kappa shape index (κ3) is 2.63. The van der Waals surface area contributed by atoms with Crippen molar-refractivity contribution >= 4 is 50.2 Å². The second-order valence-electron chi connectivity index (χ2n) is 3.97. The van der Waals surface area contributed by atoms with Gasteiger partial charge in [0.15, 0.2) is 11.5 Å². The number of benzene rings is 1. The summed E-state index contributed by atoms with van der Waals surface area (Å²) in [6, 6.07) is 5.09. The van der Waals surface area contributed by atoms with Crippen LogP contribution in [-0.2, 0) is 4.74 Å². The summed E-state index contributed by atoms with van der Waals surface area (Å²) >= 11 is 5.03. The van der Waals surface area contributed by atoms with Gasteiger partial charge in [-0.05, 0) is 50.7 Å². The summed E-state index contributed by atoms with van der Waals surface area (Å²) in [5, 5.41) is 9.05. The van der Waals surface area contributed by atoms with E-state index in [1.165, 1.54) is 17.9 Å². The molecule has 2 N–H and O–H groups in total. The normalized spacial score (nSPS) is 10.2. The summed E-state index contributed by atoms with van der Waals surface area (Å²) in [4.78, 5) is 11.9. The van der Waals surface area contributed by atoms with Gasteiger partial charge in [0.05, 0.1) is 28.5 Å². The lowest BCUT2D eigenvalue weighted by molar-refractivity contribution is 0.0593. The van der Waals surface area contributed by atoms with E-state index in [-0.39, 0.29) is 27.1 Å². The Morgan fingerprint density at radius 1 is 1.57 bits per heavy atom. The van der Waals surface area contributed by atoms with Crippen molar-refractivity contribution < 1.29 is 13.9 Å². The summed E-state index contributed by atoms with van der Waals surface area (Å²) in [5.41, 5.74) is 5.86. The lowest BCUT2D eigenvalue weighted by Gasteiger charge is -2.12. The summed E-state index contributed by atoms with van der Waals surface area (Å²) in [6.45, 7) is 0. The van der Waals surface area contributed by atoms with Crippen LogP contribution in [0.2, 0.25) is 0 Å². The van der Waals surface area contributed by atoms with Crippen LogP contribution >= 0.6 is 38.5 Å². The first kappa shape index (κ1) is 15.8. The average Bonchev–Trinajstić information content (AvgIpc) is 2.79. The van der Waals surface area contributed by atoms with Crippen LogP contribution in [0.5, 0.6) is 0 Å². The van der Waals surface area contributed by atoms with Crippen molar-refractivity contribution in [2.75, 3.05) is 12.8 Å². The number of nitriles is 1. The Morgan fingerprint density at radius 2 is 2.24 bits per heavy atom.